The molecular weight excluding hydrogens is 252 g/mol. The largest absolute Gasteiger partial charge is 0.486 e. The molecule has 4 heteroatoms. The van der Waals surface area contributed by atoms with Crippen LogP contribution in [0, 0.1) is 0 Å². The number of unbranched alkanes of at least 4 members (excludes halogenated alkanes) is 2. The number of nitrogen functional groups attached to an aromatic ring is 1. The lowest BCUT2D eigenvalue weighted by atomic mass is 10.1. The smallest absolute Gasteiger partial charge is 0.163 e. The number of benzene rings is 1. The zero-order chi connectivity index (χ0) is 14.5. The third-order valence-electron chi connectivity index (χ3n) is 3.63. The van der Waals surface area contributed by atoms with Crippen molar-refractivity contribution in [1.82, 2.24) is 0 Å². The van der Waals surface area contributed by atoms with Crippen LogP contribution in [-0.4, -0.2) is 25.8 Å². The molecule has 1 aromatic carbocycles. The first kappa shape index (κ1) is 14.8. The fourth-order valence-corrected chi connectivity index (χ4v) is 2.53. The molecule has 4 nitrogen and oxygen atoms in total. The average Bonchev–Trinajstić information content (AvgIpc) is 2.43. The second-order valence-corrected chi connectivity index (χ2v) is 5.55. The van der Waals surface area contributed by atoms with Crippen molar-refractivity contribution in [3.63, 3.8) is 0 Å². The second-order valence-electron chi connectivity index (χ2n) is 5.55. The summed E-state index contributed by atoms with van der Waals surface area (Å²) in [5, 5.41) is 0. The maximum absolute atomic E-state index is 6.21. The van der Waals surface area contributed by atoms with Gasteiger partial charge in [-0.3, -0.25) is 0 Å². The molecular formula is C16H26N2O2. The van der Waals surface area contributed by atoms with E-state index >= 15 is 0 Å². The monoisotopic (exact) mass is 278 g/mol. The zero-order valence-corrected chi connectivity index (χ0v) is 12.8. The number of nitrogens with zero attached hydrogens (tertiary/aromatic N) is 1. The lowest BCUT2D eigenvalue weighted by molar-refractivity contribution is 0.172. The molecule has 0 saturated carbocycles. The van der Waals surface area contributed by atoms with Gasteiger partial charge in [-0.1, -0.05) is 19.8 Å². The van der Waals surface area contributed by atoms with E-state index in [1.54, 1.807) is 0 Å². The van der Waals surface area contributed by atoms with Crippen molar-refractivity contribution in [2.45, 2.75) is 46.1 Å². The van der Waals surface area contributed by atoms with Crippen LogP contribution in [0.3, 0.4) is 0 Å². The van der Waals surface area contributed by atoms with Crippen molar-refractivity contribution < 1.29 is 9.47 Å². The molecule has 0 fully saturated rings. The number of nitrogens with two attached hydrogens (primary N) is 1. The van der Waals surface area contributed by atoms with Gasteiger partial charge < -0.3 is 20.1 Å². The van der Waals surface area contributed by atoms with Crippen molar-refractivity contribution in [3.8, 4) is 11.5 Å². The Bertz CT molecular complexity index is 446. The van der Waals surface area contributed by atoms with Crippen molar-refractivity contribution >= 4 is 11.4 Å². The fraction of sp³-hybridized carbons (Fsp3) is 0.625. The highest BCUT2D eigenvalue weighted by Crippen LogP contribution is 2.39. The van der Waals surface area contributed by atoms with Crippen molar-refractivity contribution in [1.29, 1.82) is 0 Å². The molecule has 2 rings (SSSR count). The van der Waals surface area contributed by atoms with Gasteiger partial charge in [-0.15, -0.1) is 0 Å². The van der Waals surface area contributed by atoms with Gasteiger partial charge in [0.05, 0.1) is 11.4 Å². The van der Waals surface area contributed by atoms with Gasteiger partial charge in [0.25, 0.3) is 0 Å². The molecule has 0 saturated heterocycles. The van der Waals surface area contributed by atoms with Gasteiger partial charge >= 0.3 is 0 Å². The van der Waals surface area contributed by atoms with Crippen LogP contribution in [-0.2, 0) is 0 Å². The van der Waals surface area contributed by atoms with Crippen LogP contribution in [0.5, 0.6) is 11.5 Å². The first-order valence-electron chi connectivity index (χ1n) is 7.59. The minimum atomic E-state index is 0.414. The molecule has 1 aliphatic rings. The number of hydrogen-bond donors (Lipinski definition) is 1. The summed E-state index contributed by atoms with van der Waals surface area (Å²) in [5.74, 6) is 1.57. The summed E-state index contributed by atoms with van der Waals surface area (Å²) in [7, 11) is 0. The third-order valence-corrected chi connectivity index (χ3v) is 3.63. The molecule has 20 heavy (non-hydrogen) atoms. The summed E-state index contributed by atoms with van der Waals surface area (Å²) >= 11 is 0. The third kappa shape index (κ3) is 3.30. The molecule has 0 amide bonds. The van der Waals surface area contributed by atoms with E-state index in [0.717, 1.165) is 29.4 Å². The lowest BCUT2D eigenvalue weighted by Crippen LogP contribution is -2.32. The number of rotatable bonds is 6. The molecule has 0 radical (unpaired) electrons. The van der Waals surface area contributed by atoms with E-state index in [4.69, 9.17) is 15.2 Å². The van der Waals surface area contributed by atoms with Gasteiger partial charge in [-0.05, 0) is 20.3 Å². The van der Waals surface area contributed by atoms with Gasteiger partial charge in [0.1, 0.15) is 13.2 Å². The van der Waals surface area contributed by atoms with Gasteiger partial charge in [0.15, 0.2) is 11.5 Å². The Labute approximate surface area is 121 Å². The second kappa shape index (κ2) is 6.73. The maximum atomic E-state index is 6.21. The molecule has 1 aliphatic heterocycles. The van der Waals surface area contributed by atoms with Crippen LogP contribution < -0.4 is 20.1 Å². The first-order valence-corrected chi connectivity index (χ1v) is 7.59. The van der Waals surface area contributed by atoms with E-state index in [1.807, 2.05) is 12.1 Å². The predicted octanol–water partition coefficient (Wildman–Crippen LogP) is 3.45. The van der Waals surface area contributed by atoms with Crippen LogP contribution in [0.2, 0.25) is 0 Å². The molecule has 0 bridgehead atoms. The number of anilines is 2. The highest BCUT2D eigenvalue weighted by atomic mass is 16.6. The predicted molar refractivity (Wildman–Crippen MR) is 83.9 cm³/mol. The average molecular weight is 278 g/mol. The highest BCUT2D eigenvalue weighted by molar-refractivity contribution is 5.73. The summed E-state index contributed by atoms with van der Waals surface area (Å²) in [6.45, 7) is 8.84. The molecule has 0 aromatic heterocycles. The van der Waals surface area contributed by atoms with E-state index in [0.29, 0.717) is 19.3 Å². The van der Waals surface area contributed by atoms with Gasteiger partial charge in [0, 0.05) is 24.7 Å². The Morgan fingerprint density at radius 1 is 1.15 bits per heavy atom. The quantitative estimate of drug-likeness (QED) is 0.639. The summed E-state index contributed by atoms with van der Waals surface area (Å²) in [6, 6.07) is 4.33. The number of fused-ring (bicyclic) bond motifs is 1. The maximum Gasteiger partial charge on any atom is 0.163 e. The Hall–Kier alpha value is -1.58. The highest BCUT2D eigenvalue weighted by Gasteiger charge is 2.19. The first-order chi connectivity index (χ1) is 9.63. The van der Waals surface area contributed by atoms with Crippen LogP contribution in [0.25, 0.3) is 0 Å². The van der Waals surface area contributed by atoms with Crippen molar-refractivity contribution in [3.05, 3.63) is 12.1 Å². The minimum absolute atomic E-state index is 0.414. The molecule has 2 N–H and O–H groups in total. The van der Waals surface area contributed by atoms with E-state index in [1.165, 1.54) is 19.3 Å². The molecule has 1 heterocycles. The number of hydrogen-bond acceptors (Lipinski definition) is 4. The Balaban J connectivity index is 2.23. The SMILES string of the molecule is CCCCCN(c1cc2c(cc1N)OCCO2)C(C)C. The van der Waals surface area contributed by atoms with Crippen LogP contribution in [0.15, 0.2) is 12.1 Å². The summed E-state index contributed by atoms with van der Waals surface area (Å²) in [4.78, 5) is 2.35. The molecule has 112 valence electrons. The molecule has 0 spiro atoms. The van der Waals surface area contributed by atoms with E-state index < -0.39 is 0 Å². The topological polar surface area (TPSA) is 47.7 Å². The Morgan fingerprint density at radius 3 is 2.40 bits per heavy atom. The lowest BCUT2D eigenvalue weighted by Gasteiger charge is -2.31. The van der Waals surface area contributed by atoms with E-state index in [-0.39, 0.29) is 0 Å². The molecule has 0 unspecified atom stereocenters. The van der Waals surface area contributed by atoms with Gasteiger partial charge in [-0.2, -0.15) is 0 Å². The Kier molecular flexibility index (Phi) is 4.99. The standard InChI is InChI=1S/C16H26N2O2/c1-4-5-6-7-18(12(2)3)14-11-16-15(10-13(14)17)19-8-9-20-16/h10-12H,4-9,17H2,1-3H3. The molecule has 1 aromatic rings. The van der Waals surface area contributed by atoms with Crippen molar-refractivity contribution in [2.24, 2.45) is 0 Å². The fourth-order valence-electron chi connectivity index (χ4n) is 2.53. The molecule has 0 aliphatic carbocycles. The minimum Gasteiger partial charge on any atom is -0.486 e. The summed E-state index contributed by atoms with van der Waals surface area (Å²) < 4.78 is 11.2. The molecule has 0 atom stereocenters. The summed E-state index contributed by atoms with van der Waals surface area (Å²) in [5.41, 5.74) is 8.03. The van der Waals surface area contributed by atoms with Gasteiger partial charge in [-0.25, -0.2) is 0 Å². The Morgan fingerprint density at radius 2 is 1.80 bits per heavy atom. The number of ether oxygens (including phenoxy) is 2. The van der Waals surface area contributed by atoms with E-state index in [2.05, 4.69) is 25.7 Å². The van der Waals surface area contributed by atoms with Crippen LogP contribution in [0.4, 0.5) is 11.4 Å². The summed E-state index contributed by atoms with van der Waals surface area (Å²) in [6.07, 6.45) is 3.65. The zero-order valence-electron chi connectivity index (χ0n) is 12.8. The van der Waals surface area contributed by atoms with Crippen molar-refractivity contribution in [2.75, 3.05) is 30.4 Å². The van der Waals surface area contributed by atoms with Gasteiger partial charge in [0.2, 0.25) is 0 Å². The van der Waals surface area contributed by atoms with Crippen LogP contribution in [0.1, 0.15) is 40.0 Å². The van der Waals surface area contributed by atoms with E-state index in [9.17, 15) is 0 Å². The van der Waals surface area contributed by atoms with Crippen LogP contribution >= 0.6 is 0 Å². The normalized spacial score (nSPS) is 13.6.